The predicted octanol–water partition coefficient (Wildman–Crippen LogP) is 6.21. The van der Waals surface area contributed by atoms with Crippen LogP contribution in [0.3, 0.4) is 0 Å². The third-order valence-corrected chi connectivity index (χ3v) is 6.97. The summed E-state index contributed by atoms with van der Waals surface area (Å²) in [6.45, 7) is 6.57. The summed E-state index contributed by atoms with van der Waals surface area (Å²) in [6.07, 6.45) is 2.07. The highest BCUT2D eigenvalue weighted by Gasteiger charge is 2.31. The molecule has 0 bridgehead atoms. The number of benzene rings is 3. The average molecular weight is 512 g/mol. The number of anilines is 2. The van der Waals surface area contributed by atoms with E-state index in [1.165, 1.54) is 17.7 Å². The molecule has 196 valence electrons. The number of carbonyl (C=O) groups is 1. The van der Waals surface area contributed by atoms with Gasteiger partial charge in [-0.15, -0.1) is 0 Å². The zero-order chi connectivity index (χ0) is 26.5. The lowest BCUT2D eigenvalue weighted by Crippen LogP contribution is -2.44. The van der Waals surface area contributed by atoms with Crippen LogP contribution in [0.5, 0.6) is 0 Å². The van der Waals surface area contributed by atoms with Crippen molar-refractivity contribution in [2.24, 2.45) is 0 Å². The number of hydrogen-bond acceptors (Lipinski definition) is 4. The number of imidazole rings is 1. The fourth-order valence-electron chi connectivity index (χ4n) is 4.83. The number of unbranched alkanes of at least 4 members (excludes halogenated alkanes) is 1. The lowest BCUT2D eigenvalue weighted by Gasteiger charge is -2.32. The summed E-state index contributed by atoms with van der Waals surface area (Å²) in [4.78, 5) is 20.7. The molecule has 7 heteroatoms. The van der Waals surface area contributed by atoms with Crippen LogP contribution in [0.25, 0.3) is 11.3 Å². The van der Waals surface area contributed by atoms with E-state index in [0.717, 1.165) is 53.5 Å². The number of nitrogens with zero attached hydrogens (tertiary/aromatic N) is 3. The van der Waals surface area contributed by atoms with Crippen LogP contribution in [0, 0.1) is 12.7 Å². The van der Waals surface area contributed by atoms with E-state index in [9.17, 15) is 9.18 Å². The molecule has 38 heavy (non-hydrogen) atoms. The molecule has 0 spiro atoms. The van der Waals surface area contributed by atoms with Crippen molar-refractivity contribution < 1.29 is 9.18 Å². The Morgan fingerprint density at radius 3 is 2.45 bits per heavy atom. The second-order valence-corrected chi connectivity index (χ2v) is 9.79. The fraction of sp³-hybridized carbons (Fsp3) is 0.290. The summed E-state index contributed by atoms with van der Waals surface area (Å²) in [5.41, 5.74) is 4.67. The molecule has 0 radical (unpaired) electrons. The van der Waals surface area contributed by atoms with E-state index < -0.39 is 6.04 Å². The molecule has 0 saturated carbocycles. The van der Waals surface area contributed by atoms with Gasteiger partial charge in [0.25, 0.3) is 0 Å². The zero-order valence-corrected chi connectivity index (χ0v) is 22.0. The van der Waals surface area contributed by atoms with Crippen molar-refractivity contribution >= 4 is 17.4 Å². The van der Waals surface area contributed by atoms with Gasteiger partial charge in [0.05, 0.1) is 6.54 Å². The second kappa shape index (κ2) is 11.6. The highest BCUT2D eigenvalue weighted by molar-refractivity contribution is 5.84. The molecule has 3 aromatic carbocycles. The van der Waals surface area contributed by atoms with E-state index in [0.29, 0.717) is 19.6 Å². The Morgan fingerprint density at radius 2 is 1.74 bits per heavy atom. The maximum atomic E-state index is 13.8. The lowest BCUT2D eigenvalue weighted by molar-refractivity contribution is -0.135. The van der Waals surface area contributed by atoms with Crippen LogP contribution in [-0.4, -0.2) is 33.4 Å². The molecule has 5 rings (SSSR count). The molecule has 1 aliphatic heterocycles. The molecule has 1 aliphatic rings. The van der Waals surface area contributed by atoms with Crippen LogP contribution in [0.15, 0.2) is 78.9 Å². The molecule has 0 saturated heterocycles. The smallest absolute Gasteiger partial charge is 0.244 e. The number of hydrogen-bond donors (Lipinski definition) is 2. The summed E-state index contributed by atoms with van der Waals surface area (Å²) in [6, 6.07) is 24.1. The minimum Gasteiger partial charge on any atom is -0.340 e. The van der Waals surface area contributed by atoms with Crippen LogP contribution in [0.4, 0.5) is 15.9 Å². The Morgan fingerprint density at radius 1 is 1.00 bits per heavy atom. The number of fused-ring (bicyclic) bond motifs is 1. The molecule has 1 amide bonds. The van der Waals surface area contributed by atoms with Crippen LogP contribution in [0.1, 0.15) is 42.8 Å². The molecule has 0 aliphatic carbocycles. The molecule has 4 aromatic rings. The quantitative estimate of drug-likeness (QED) is 0.262. The van der Waals surface area contributed by atoms with Gasteiger partial charge in [0.15, 0.2) is 0 Å². The standard InChI is InChI=1S/C31H34FN5O/c1-3-4-18-33-29(23-8-6-5-7-9-23)31(38)36-19-20-37-27(21-36)35-28(24-12-14-25(32)15-13-24)30(37)34-26-16-10-22(2)11-17-26/h5-17,29,33-34H,3-4,18-21H2,1-2H3. The highest BCUT2D eigenvalue weighted by Crippen LogP contribution is 2.34. The molecule has 2 heterocycles. The SMILES string of the molecule is CCCCNC(C(=O)N1CCn2c(nc(-c3ccc(F)cc3)c2Nc2ccc(C)cc2)C1)c1ccccc1. The number of aromatic nitrogens is 2. The molecule has 6 nitrogen and oxygen atoms in total. The molecular weight excluding hydrogens is 477 g/mol. The molecule has 1 atom stereocenters. The van der Waals surface area contributed by atoms with Crippen molar-refractivity contribution in [2.75, 3.05) is 18.4 Å². The number of aryl methyl sites for hydroxylation is 1. The van der Waals surface area contributed by atoms with Crippen molar-refractivity contribution in [1.82, 2.24) is 19.8 Å². The maximum absolute atomic E-state index is 13.8. The zero-order valence-electron chi connectivity index (χ0n) is 22.0. The monoisotopic (exact) mass is 511 g/mol. The van der Waals surface area contributed by atoms with E-state index in [2.05, 4.69) is 41.2 Å². The van der Waals surface area contributed by atoms with Gasteiger partial charge >= 0.3 is 0 Å². The van der Waals surface area contributed by atoms with Crippen LogP contribution >= 0.6 is 0 Å². The van der Waals surface area contributed by atoms with Crippen molar-refractivity contribution in [2.45, 2.75) is 45.8 Å². The second-order valence-electron chi connectivity index (χ2n) is 9.79. The molecule has 0 fully saturated rings. The normalized spacial score (nSPS) is 13.7. The minimum absolute atomic E-state index is 0.0536. The van der Waals surface area contributed by atoms with Gasteiger partial charge in [-0.1, -0.05) is 61.4 Å². The van der Waals surface area contributed by atoms with Crippen LogP contribution in [-0.2, 0) is 17.9 Å². The van der Waals surface area contributed by atoms with E-state index in [4.69, 9.17) is 4.98 Å². The van der Waals surface area contributed by atoms with E-state index >= 15 is 0 Å². The number of rotatable bonds is 9. The summed E-state index contributed by atoms with van der Waals surface area (Å²) >= 11 is 0. The summed E-state index contributed by atoms with van der Waals surface area (Å²) < 4.78 is 15.8. The lowest BCUT2D eigenvalue weighted by atomic mass is 10.0. The Bertz CT molecular complexity index is 1370. The Hall–Kier alpha value is -3.97. The first-order valence-electron chi connectivity index (χ1n) is 13.3. The van der Waals surface area contributed by atoms with Crippen molar-refractivity contribution in [1.29, 1.82) is 0 Å². The van der Waals surface area contributed by atoms with Gasteiger partial charge < -0.3 is 20.1 Å². The van der Waals surface area contributed by atoms with Gasteiger partial charge in [-0.3, -0.25) is 4.79 Å². The van der Waals surface area contributed by atoms with Crippen molar-refractivity contribution in [3.05, 3.63) is 102 Å². The van der Waals surface area contributed by atoms with Crippen LogP contribution < -0.4 is 10.6 Å². The number of halogens is 1. The first kappa shape index (κ1) is 25.7. The number of carbonyl (C=O) groups excluding carboxylic acids is 1. The Kier molecular flexibility index (Phi) is 7.84. The Labute approximate surface area is 223 Å². The van der Waals surface area contributed by atoms with Gasteiger partial charge in [-0.05, 0) is 61.9 Å². The highest BCUT2D eigenvalue weighted by atomic mass is 19.1. The Balaban J connectivity index is 1.45. The molecule has 1 unspecified atom stereocenters. The van der Waals surface area contributed by atoms with Gasteiger partial charge in [-0.2, -0.15) is 0 Å². The summed E-state index contributed by atoms with van der Waals surface area (Å²) in [5, 5.41) is 7.02. The van der Waals surface area contributed by atoms with Crippen molar-refractivity contribution in [3.8, 4) is 11.3 Å². The van der Waals surface area contributed by atoms with Gasteiger partial charge in [0.1, 0.15) is 29.2 Å². The number of amides is 1. The van der Waals surface area contributed by atoms with Gasteiger partial charge in [0, 0.05) is 24.3 Å². The maximum Gasteiger partial charge on any atom is 0.244 e. The first-order chi connectivity index (χ1) is 18.5. The van der Waals surface area contributed by atoms with Gasteiger partial charge in [-0.25, -0.2) is 9.37 Å². The van der Waals surface area contributed by atoms with E-state index in [1.54, 1.807) is 12.1 Å². The molecule has 2 N–H and O–H groups in total. The largest absolute Gasteiger partial charge is 0.340 e. The molecular formula is C31H34FN5O. The predicted molar refractivity (Wildman–Crippen MR) is 150 cm³/mol. The number of nitrogens with one attached hydrogen (secondary N) is 2. The first-order valence-corrected chi connectivity index (χ1v) is 13.3. The van der Waals surface area contributed by atoms with E-state index in [1.807, 2.05) is 47.4 Å². The average Bonchev–Trinajstić information content (AvgIpc) is 3.30. The van der Waals surface area contributed by atoms with Crippen molar-refractivity contribution in [3.63, 3.8) is 0 Å². The van der Waals surface area contributed by atoms with Gasteiger partial charge in [0.2, 0.25) is 5.91 Å². The summed E-state index contributed by atoms with van der Waals surface area (Å²) in [5.74, 6) is 1.42. The fourth-order valence-corrected chi connectivity index (χ4v) is 4.83. The minimum atomic E-state index is -0.397. The molecule has 1 aromatic heterocycles. The third kappa shape index (κ3) is 5.63. The van der Waals surface area contributed by atoms with Crippen LogP contribution in [0.2, 0.25) is 0 Å². The summed E-state index contributed by atoms with van der Waals surface area (Å²) in [7, 11) is 0. The third-order valence-electron chi connectivity index (χ3n) is 6.97. The van der Waals surface area contributed by atoms with E-state index in [-0.39, 0.29) is 11.7 Å². The topological polar surface area (TPSA) is 62.2 Å².